The van der Waals surface area contributed by atoms with Crippen LogP contribution in [0, 0.1) is 5.82 Å². The molecule has 28 heavy (non-hydrogen) atoms. The van der Waals surface area contributed by atoms with Crippen LogP contribution in [0.2, 0.25) is 5.02 Å². The molecule has 1 aliphatic rings. The van der Waals surface area contributed by atoms with Gasteiger partial charge in [-0.3, -0.25) is 9.59 Å². The van der Waals surface area contributed by atoms with Gasteiger partial charge in [0.2, 0.25) is 5.91 Å². The number of hydrogen-bond donors (Lipinski definition) is 3. The number of nitrogens with one attached hydrogen (secondary N) is 3. The van der Waals surface area contributed by atoms with Gasteiger partial charge in [-0.1, -0.05) is 17.7 Å². The van der Waals surface area contributed by atoms with E-state index in [9.17, 15) is 14.0 Å². The highest BCUT2D eigenvalue weighted by Gasteiger charge is 2.16. The Morgan fingerprint density at radius 1 is 1.18 bits per heavy atom. The molecule has 0 aliphatic carbocycles. The first-order valence-corrected chi connectivity index (χ1v) is 9.38. The van der Waals surface area contributed by atoms with Gasteiger partial charge in [-0.25, -0.2) is 4.39 Å². The minimum Gasteiger partial charge on any atom is -0.376 e. The third-order valence-corrected chi connectivity index (χ3v) is 4.59. The maximum atomic E-state index is 13.2. The van der Waals surface area contributed by atoms with Crippen LogP contribution >= 0.6 is 11.6 Å². The maximum absolute atomic E-state index is 13.2. The van der Waals surface area contributed by atoms with Crippen molar-refractivity contribution in [2.24, 2.45) is 0 Å². The van der Waals surface area contributed by atoms with E-state index in [1.807, 2.05) is 0 Å². The Bertz CT molecular complexity index is 856. The first kappa shape index (κ1) is 20.1. The van der Waals surface area contributed by atoms with Gasteiger partial charge < -0.3 is 20.7 Å². The third kappa shape index (κ3) is 5.68. The van der Waals surface area contributed by atoms with Crippen LogP contribution in [-0.2, 0) is 9.53 Å². The number of carbonyl (C=O) groups is 2. The van der Waals surface area contributed by atoms with Crippen molar-refractivity contribution < 1.29 is 18.7 Å². The molecule has 1 saturated heterocycles. The second-order valence-corrected chi connectivity index (χ2v) is 6.86. The number of carbonyl (C=O) groups excluding carboxylic acids is 2. The predicted molar refractivity (Wildman–Crippen MR) is 106 cm³/mol. The molecule has 0 saturated carbocycles. The number of hydrogen-bond acceptors (Lipinski definition) is 4. The quantitative estimate of drug-likeness (QED) is 0.659. The van der Waals surface area contributed by atoms with Crippen molar-refractivity contribution in [3.05, 3.63) is 58.9 Å². The highest BCUT2D eigenvalue weighted by atomic mass is 35.5. The Labute approximate surface area is 167 Å². The fourth-order valence-corrected chi connectivity index (χ4v) is 3.03. The van der Waals surface area contributed by atoms with Crippen molar-refractivity contribution in [3.63, 3.8) is 0 Å². The SMILES string of the molecule is O=C(CNc1cccc(C(=O)NCC2CCCO2)c1)Nc1ccc(F)c(Cl)c1. The second-order valence-electron chi connectivity index (χ2n) is 6.46. The summed E-state index contributed by atoms with van der Waals surface area (Å²) in [5.41, 5.74) is 1.53. The van der Waals surface area contributed by atoms with Crippen molar-refractivity contribution in [3.8, 4) is 0 Å². The molecule has 0 bridgehead atoms. The van der Waals surface area contributed by atoms with Crippen LogP contribution in [0.15, 0.2) is 42.5 Å². The van der Waals surface area contributed by atoms with E-state index >= 15 is 0 Å². The van der Waals surface area contributed by atoms with E-state index in [4.69, 9.17) is 16.3 Å². The van der Waals surface area contributed by atoms with E-state index in [1.54, 1.807) is 24.3 Å². The molecule has 1 atom stereocenters. The molecule has 2 aromatic rings. The predicted octanol–water partition coefficient (Wildman–Crippen LogP) is 3.44. The number of rotatable bonds is 7. The molecule has 0 radical (unpaired) electrons. The first-order valence-electron chi connectivity index (χ1n) is 9.00. The molecule has 1 aliphatic heterocycles. The summed E-state index contributed by atoms with van der Waals surface area (Å²) in [5.74, 6) is -1.06. The molecule has 3 N–H and O–H groups in total. The number of halogens is 2. The van der Waals surface area contributed by atoms with Crippen molar-refractivity contribution in [2.75, 3.05) is 30.3 Å². The van der Waals surface area contributed by atoms with E-state index in [0.29, 0.717) is 23.5 Å². The molecule has 1 heterocycles. The minimum absolute atomic E-state index is 0.0179. The molecule has 148 valence electrons. The maximum Gasteiger partial charge on any atom is 0.251 e. The van der Waals surface area contributed by atoms with Crippen LogP contribution in [0.25, 0.3) is 0 Å². The van der Waals surface area contributed by atoms with E-state index in [0.717, 1.165) is 19.4 Å². The highest BCUT2D eigenvalue weighted by molar-refractivity contribution is 6.31. The Morgan fingerprint density at radius 3 is 2.79 bits per heavy atom. The van der Waals surface area contributed by atoms with Gasteiger partial charge in [0.25, 0.3) is 5.91 Å². The monoisotopic (exact) mass is 405 g/mol. The molecule has 3 rings (SSSR count). The summed E-state index contributed by atoms with van der Waals surface area (Å²) in [7, 11) is 0. The molecule has 0 aromatic heterocycles. The zero-order valence-electron chi connectivity index (χ0n) is 15.1. The summed E-state index contributed by atoms with van der Waals surface area (Å²) < 4.78 is 18.6. The molecular weight excluding hydrogens is 385 g/mol. The normalized spacial score (nSPS) is 15.9. The standard InChI is InChI=1S/C20H21ClFN3O3/c21-17-10-15(6-7-18(17)22)25-19(26)12-23-14-4-1-3-13(9-14)20(27)24-11-16-5-2-8-28-16/h1,3-4,6-7,9-10,16,23H,2,5,8,11-12H2,(H,24,27)(H,25,26). The molecule has 1 unspecified atom stereocenters. The summed E-state index contributed by atoms with van der Waals surface area (Å²) in [5, 5.41) is 8.38. The molecular formula is C20H21ClFN3O3. The van der Waals surface area contributed by atoms with Crippen LogP contribution < -0.4 is 16.0 Å². The molecule has 2 aromatic carbocycles. The summed E-state index contributed by atoms with van der Waals surface area (Å²) in [6, 6.07) is 10.8. The van der Waals surface area contributed by atoms with Gasteiger partial charge in [-0.05, 0) is 49.2 Å². The van der Waals surface area contributed by atoms with Crippen molar-refractivity contribution in [2.45, 2.75) is 18.9 Å². The number of benzene rings is 2. The molecule has 6 nitrogen and oxygen atoms in total. The van der Waals surface area contributed by atoms with Crippen LogP contribution in [0.1, 0.15) is 23.2 Å². The largest absolute Gasteiger partial charge is 0.376 e. The van der Waals surface area contributed by atoms with Gasteiger partial charge in [0.15, 0.2) is 0 Å². The van der Waals surface area contributed by atoms with E-state index in [2.05, 4.69) is 16.0 Å². The Kier molecular flexibility index (Phi) is 6.84. The average Bonchev–Trinajstić information content (AvgIpc) is 3.21. The van der Waals surface area contributed by atoms with Crippen molar-refractivity contribution in [1.82, 2.24) is 5.32 Å². The number of ether oxygens (including phenoxy) is 1. The Morgan fingerprint density at radius 2 is 2.04 bits per heavy atom. The topological polar surface area (TPSA) is 79.5 Å². The first-order chi connectivity index (χ1) is 13.5. The smallest absolute Gasteiger partial charge is 0.251 e. The van der Waals surface area contributed by atoms with Gasteiger partial charge in [0.05, 0.1) is 17.7 Å². The second kappa shape index (κ2) is 9.52. The summed E-state index contributed by atoms with van der Waals surface area (Å²) >= 11 is 5.70. The fraction of sp³-hybridized carbons (Fsp3) is 0.300. The zero-order valence-corrected chi connectivity index (χ0v) is 15.9. The lowest BCUT2D eigenvalue weighted by Gasteiger charge is -2.12. The number of amides is 2. The lowest BCUT2D eigenvalue weighted by Crippen LogP contribution is -2.31. The summed E-state index contributed by atoms with van der Waals surface area (Å²) in [6.45, 7) is 1.21. The van der Waals surface area contributed by atoms with Crippen molar-refractivity contribution >= 4 is 34.8 Å². The summed E-state index contributed by atoms with van der Waals surface area (Å²) in [4.78, 5) is 24.3. The Hall–Kier alpha value is -2.64. The van der Waals surface area contributed by atoms with Gasteiger partial charge in [-0.2, -0.15) is 0 Å². The minimum atomic E-state index is -0.549. The van der Waals surface area contributed by atoms with Gasteiger partial charge in [-0.15, -0.1) is 0 Å². The highest BCUT2D eigenvalue weighted by Crippen LogP contribution is 2.19. The Balaban J connectivity index is 1.50. The van der Waals surface area contributed by atoms with E-state index in [1.165, 1.54) is 18.2 Å². The van der Waals surface area contributed by atoms with Gasteiger partial charge >= 0.3 is 0 Å². The van der Waals surface area contributed by atoms with Crippen molar-refractivity contribution in [1.29, 1.82) is 0 Å². The van der Waals surface area contributed by atoms with Crippen LogP contribution in [0.4, 0.5) is 15.8 Å². The molecule has 8 heteroatoms. The van der Waals surface area contributed by atoms with Gasteiger partial charge in [0, 0.05) is 30.1 Å². The number of anilines is 2. The van der Waals surface area contributed by atoms with Crippen LogP contribution in [-0.4, -0.2) is 37.6 Å². The van der Waals surface area contributed by atoms with E-state index in [-0.39, 0.29) is 29.5 Å². The lowest BCUT2D eigenvalue weighted by molar-refractivity contribution is -0.114. The van der Waals surface area contributed by atoms with E-state index < -0.39 is 5.82 Å². The average molecular weight is 406 g/mol. The fourth-order valence-electron chi connectivity index (χ4n) is 2.85. The summed E-state index contributed by atoms with van der Waals surface area (Å²) in [6.07, 6.45) is 2.05. The van der Waals surface area contributed by atoms with Gasteiger partial charge in [0.1, 0.15) is 5.82 Å². The lowest BCUT2D eigenvalue weighted by atomic mass is 10.1. The molecule has 1 fully saturated rings. The zero-order chi connectivity index (χ0) is 19.9. The molecule has 0 spiro atoms. The third-order valence-electron chi connectivity index (χ3n) is 4.30. The van der Waals surface area contributed by atoms with Crippen LogP contribution in [0.3, 0.4) is 0 Å². The van der Waals surface area contributed by atoms with Crippen LogP contribution in [0.5, 0.6) is 0 Å². The molecule has 2 amide bonds.